The van der Waals surface area contributed by atoms with Gasteiger partial charge in [-0.1, -0.05) is 60.7 Å². The molecule has 1 N–H and O–H groups in total. The van der Waals surface area contributed by atoms with Gasteiger partial charge in [-0.05, 0) is 54.3 Å². The van der Waals surface area contributed by atoms with E-state index < -0.39 is 24.5 Å². The molecule has 2 atom stereocenters. The van der Waals surface area contributed by atoms with Crippen molar-refractivity contribution < 1.29 is 33.6 Å². The fourth-order valence-electron chi connectivity index (χ4n) is 3.14. The van der Waals surface area contributed by atoms with Crippen molar-refractivity contribution in [1.82, 2.24) is 0 Å². The SMILES string of the molecule is C[C@H](OC(=O)OCc1cc(O)cc(COC(=O)O[C@@H](C)c2ccccc2)c1)c1ccccc1. The largest absolute Gasteiger partial charge is 0.509 e. The summed E-state index contributed by atoms with van der Waals surface area (Å²) < 4.78 is 20.8. The van der Waals surface area contributed by atoms with Gasteiger partial charge >= 0.3 is 12.3 Å². The minimum Gasteiger partial charge on any atom is -0.508 e. The zero-order valence-corrected chi connectivity index (χ0v) is 18.5. The Bertz CT molecular complexity index is 969. The molecule has 7 heteroatoms. The van der Waals surface area contributed by atoms with E-state index in [0.717, 1.165) is 11.1 Å². The van der Waals surface area contributed by atoms with Crippen LogP contribution in [0, 0.1) is 0 Å². The Morgan fingerprint density at radius 3 is 1.48 bits per heavy atom. The fourth-order valence-corrected chi connectivity index (χ4v) is 3.14. The van der Waals surface area contributed by atoms with Crippen LogP contribution in [0.3, 0.4) is 0 Å². The number of carbonyl (C=O) groups excluding carboxylic acids is 2. The van der Waals surface area contributed by atoms with Crippen LogP contribution in [-0.2, 0) is 32.2 Å². The van der Waals surface area contributed by atoms with Gasteiger partial charge in [0, 0.05) is 0 Å². The number of hydrogen-bond acceptors (Lipinski definition) is 7. The molecule has 0 spiro atoms. The van der Waals surface area contributed by atoms with Gasteiger partial charge in [-0.15, -0.1) is 0 Å². The fraction of sp³-hybridized carbons (Fsp3) is 0.231. The van der Waals surface area contributed by atoms with Gasteiger partial charge in [-0.3, -0.25) is 0 Å². The first-order valence-corrected chi connectivity index (χ1v) is 10.5. The van der Waals surface area contributed by atoms with E-state index in [1.165, 1.54) is 12.1 Å². The Morgan fingerprint density at radius 1 is 0.697 bits per heavy atom. The highest BCUT2D eigenvalue weighted by Gasteiger charge is 2.15. The number of hydrogen-bond donors (Lipinski definition) is 1. The first-order chi connectivity index (χ1) is 15.9. The summed E-state index contributed by atoms with van der Waals surface area (Å²) in [5.74, 6) is -0.0493. The van der Waals surface area contributed by atoms with E-state index in [-0.39, 0.29) is 19.0 Å². The molecule has 33 heavy (non-hydrogen) atoms. The van der Waals surface area contributed by atoms with Crippen molar-refractivity contribution >= 4 is 12.3 Å². The molecule has 172 valence electrons. The second kappa shape index (κ2) is 11.6. The summed E-state index contributed by atoms with van der Waals surface area (Å²) in [7, 11) is 0. The van der Waals surface area contributed by atoms with Crippen molar-refractivity contribution in [2.24, 2.45) is 0 Å². The van der Waals surface area contributed by atoms with Crippen molar-refractivity contribution in [3.05, 3.63) is 101 Å². The molecule has 0 radical (unpaired) electrons. The van der Waals surface area contributed by atoms with Crippen LogP contribution in [0.5, 0.6) is 5.75 Å². The predicted molar refractivity (Wildman–Crippen MR) is 120 cm³/mol. The smallest absolute Gasteiger partial charge is 0.508 e. The second-order valence-corrected chi connectivity index (χ2v) is 7.43. The minimum absolute atomic E-state index is 0.0493. The first kappa shape index (κ1) is 23.7. The van der Waals surface area contributed by atoms with E-state index in [0.29, 0.717) is 11.1 Å². The Hall–Kier alpha value is -4.00. The number of benzene rings is 3. The summed E-state index contributed by atoms with van der Waals surface area (Å²) in [4.78, 5) is 24.0. The van der Waals surface area contributed by atoms with Gasteiger partial charge < -0.3 is 24.1 Å². The van der Waals surface area contributed by atoms with Gasteiger partial charge in [0.15, 0.2) is 0 Å². The zero-order valence-electron chi connectivity index (χ0n) is 18.5. The molecule has 0 amide bonds. The van der Waals surface area contributed by atoms with E-state index in [1.807, 2.05) is 60.7 Å². The second-order valence-electron chi connectivity index (χ2n) is 7.43. The van der Waals surface area contributed by atoms with Crippen LogP contribution < -0.4 is 0 Å². The van der Waals surface area contributed by atoms with Crippen LogP contribution in [0.4, 0.5) is 9.59 Å². The molecule has 3 rings (SSSR count). The molecule has 0 saturated heterocycles. The normalized spacial score (nSPS) is 12.3. The number of phenols is 1. The molecule has 0 heterocycles. The van der Waals surface area contributed by atoms with E-state index >= 15 is 0 Å². The first-order valence-electron chi connectivity index (χ1n) is 10.5. The monoisotopic (exact) mass is 450 g/mol. The standard InChI is InChI=1S/C26H26O7/c1-18(22-9-5-3-6-10-22)32-25(28)30-16-20-13-21(15-24(27)14-20)17-31-26(29)33-19(2)23-11-7-4-8-12-23/h3-15,18-19,27H,16-17H2,1-2H3/t18-,19-/m0/s1. The summed E-state index contributed by atoms with van der Waals surface area (Å²) >= 11 is 0. The topological polar surface area (TPSA) is 91.3 Å². The zero-order chi connectivity index (χ0) is 23.6. The molecule has 0 unspecified atom stereocenters. The van der Waals surface area contributed by atoms with Crippen LogP contribution in [0.1, 0.15) is 48.3 Å². The van der Waals surface area contributed by atoms with Gasteiger partial charge in [0.1, 0.15) is 31.2 Å². The number of ether oxygens (including phenoxy) is 4. The molecular formula is C26H26O7. The summed E-state index contributed by atoms with van der Waals surface area (Å²) in [5.41, 5.74) is 2.73. The number of phenolic OH excluding ortho intramolecular Hbond substituents is 1. The maximum absolute atomic E-state index is 12.0. The lowest BCUT2D eigenvalue weighted by atomic mass is 10.1. The number of rotatable bonds is 8. The average Bonchev–Trinajstić information content (AvgIpc) is 2.82. The van der Waals surface area contributed by atoms with Gasteiger partial charge in [0.25, 0.3) is 0 Å². The third-order valence-corrected chi connectivity index (χ3v) is 4.83. The summed E-state index contributed by atoms with van der Waals surface area (Å²) in [6, 6.07) is 23.1. The molecule has 0 aliphatic carbocycles. The van der Waals surface area contributed by atoms with Gasteiger partial charge in [0.2, 0.25) is 0 Å². The Balaban J connectivity index is 1.48. The average molecular weight is 450 g/mol. The quantitative estimate of drug-likeness (QED) is 0.407. The Morgan fingerprint density at radius 2 is 1.09 bits per heavy atom. The van der Waals surface area contributed by atoms with Crippen LogP contribution in [0.2, 0.25) is 0 Å². The molecule has 7 nitrogen and oxygen atoms in total. The van der Waals surface area contributed by atoms with Crippen molar-refractivity contribution in [3.63, 3.8) is 0 Å². The van der Waals surface area contributed by atoms with E-state index in [2.05, 4.69) is 0 Å². The Labute approximate surface area is 192 Å². The predicted octanol–water partition coefficient (Wildman–Crippen LogP) is 6.22. The maximum Gasteiger partial charge on any atom is 0.509 e. The number of aromatic hydroxyl groups is 1. The van der Waals surface area contributed by atoms with Crippen LogP contribution in [0.25, 0.3) is 0 Å². The van der Waals surface area contributed by atoms with Crippen LogP contribution in [-0.4, -0.2) is 17.4 Å². The van der Waals surface area contributed by atoms with E-state index in [4.69, 9.17) is 18.9 Å². The third-order valence-electron chi connectivity index (χ3n) is 4.83. The van der Waals surface area contributed by atoms with Gasteiger partial charge in [-0.25, -0.2) is 9.59 Å². The third kappa shape index (κ3) is 7.57. The lowest BCUT2D eigenvalue weighted by molar-refractivity contribution is 0.0237. The highest BCUT2D eigenvalue weighted by Crippen LogP contribution is 2.21. The molecule has 0 fully saturated rings. The Kier molecular flexibility index (Phi) is 8.30. The van der Waals surface area contributed by atoms with E-state index in [1.54, 1.807) is 19.9 Å². The summed E-state index contributed by atoms with van der Waals surface area (Å²) in [6.45, 7) is 3.27. The maximum atomic E-state index is 12.0. The highest BCUT2D eigenvalue weighted by atomic mass is 16.7. The molecule has 0 aliphatic heterocycles. The summed E-state index contributed by atoms with van der Waals surface area (Å²) in [5, 5.41) is 9.97. The highest BCUT2D eigenvalue weighted by molar-refractivity contribution is 5.61. The van der Waals surface area contributed by atoms with Crippen molar-refractivity contribution in [3.8, 4) is 5.75 Å². The molecule has 3 aromatic rings. The molecule has 0 aromatic heterocycles. The van der Waals surface area contributed by atoms with Crippen LogP contribution >= 0.6 is 0 Å². The molecule has 3 aromatic carbocycles. The minimum atomic E-state index is -0.828. The molecule has 0 saturated carbocycles. The van der Waals surface area contributed by atoms with Crippen molar-refractivity contribution in [2.45, 2.75) is 39.3 Å². The lowest BCUT2D eigenvalue weighted by Crippen LogP contribution is -2.11. The van der Waals surface area contributed by atoms with Gasteiger partial charge in [0.05, 0.1) is 0 Å². The van der Waals surface area contributed by atoms with Crippen LogP contribution in [0.15, 0.2) is 78.9 Å². The lowest BCUT2D eigenvalue weighted by Gasteiger charge is -2.14. The molecule has 0 aliphatic rings. The number of carbonyl (C=O) groups is 2. The van der Waals surface area contributed by atoms with Gasteiger partial charge in [-0.2, -0.15) is 0 Å². The molecular weight excluding hydrogens is 424 g/mol. The van der Waals surface area contributed by atoms with Crippen molar-refractivity contribution in [2.75, 3.05) is 0 Å². The van der Waals surface area contributed by atoms with E-state index in [9.17, 15) is 14.7 Å². The summed E-state index contributed by atoms with van der Waals surface area (Å²) in [6.07, 6.45) is -2.58. The molecule has 0 bridgehead atoms. The van der Waals surface area contributed by atoms with Crippen molar-refractivity contribution in [1.29, 1.82) is 0 Å².